The second-order valence-electron chi connectivity index (χ2n) is 4.31. The number of ketones is 1. The number of ether oxygens (including phenoxy) is 2. The van der Waals surface area contributed by atoms with Crippen LogP contribution in [0.5, 0.6) is 16.6 Å². The van der Waals surface area contributed by atoms with Crippen LogP contribution in [0.4, 0.5) is 0 Å². The Hall–Kier alpha value is -1.81. The first-order valence-corrected chi connectivity index (χ1v) is 6.88. The van der Waals surface area contributed by atoms with Gasteiger partial charge in [-0.15, -0.1) is 11.3 Å². The quantitative estimate of drug-likeness (QED) is 0.820. The Labute approximate surface area is 116 Å². The highest BCUT2D eigenvalue weighted by molar-refractivity contribution is 7.13. The van der Waals surface area contributed by atoms with E-state index in [-0.39, 0.29) is 5.78 Å². The van der Waals surface area contributed by atoms with Crippen molar-refractivity contribution in [2.45, 2.75) is 26.9 Å². The number of rotatable bonds is 5. The highest BCUT2D eigenvalue weighted by atomic mass is 32.1. The third-order valence-corrected chi connectivity index (χ3v) is 3.52. The van der Waals surface area contributed by atoms with Gasteiger partial charge >= 0.3 is 0 Å². The fraction of sp³-hybridized carbons (Fsp3) is 0.267. The molecule has 0 spiro atoms. The molecule has 100 valence electrons. The molecule has 4 heteroatoms. The van der Waals surface area contributed by atoms with Crippen LogP contribution in [0.3, 0.4) is 0 Å². The zero-order chi connectivity index (χ0) is 13.8. The second-order valence-corrected chi connectivity index (χ2v) is 5.56. The Balaban J connectivity index is 2.00. The third kappa shape index (κ3) is 3.83. The van der Waals surface area contributed by atoms with Crippen molar-refractivity contribution >= 4 is 17.1 Å². The smallest absolute Gasteiger partial charge is 0.181 e. The van der Waals surface area contributed by atoms with E-state index in [1.54, 1.807) is 30.4 Å². The first-order chi connectivity index (χ1) is 9.04. The largest absolute Gasteiger partial charge is 0.483 e. The summed E-state index contributed by atoms with van der Waals surface area (Å²) in [5, 5.41) is 0.864. The molecule has 0 aliphatic heterocycles. The number of thiophene rings is 1. The van der Waals surface area contributed by atoms with Crippen LogP contribution in [-0.4, -0.2) is 11.9 Å². The fourth-order valence-electron chi connectivity index (χ4n) is 1.46. The van der Waals surface area contributed by atoms with Crippen LogP contribution < -0.4 is 9.47 Å². The third-order valence-electron chi connectivity index (χ3n) is 2.64. The van der Waals surface area contributed by atoms with Crippen molar-refractivity contribution in [1.82, 2.24) is 0 Å². The Bertz CT molecular complexity index is 557. The predicted molar refractivity (Wildman–Crippen MR) is 76.3 cm³/mol. The maximum absolute atomic E-state index is 11.1. The summed E-state index contributed by atoms with van der Waals surface area (Å²) in [5.74, 6) is 1.43. The maximum Gasteiger partial charge on any atom is 0.181 e. The summed E-state index contributed by atoms with van der Waals surface area (Å²) in [6.07, 6.45) is -0.424. The SMILES string of the molecule is CC(=O)C(C)Oc1ccc(Oc2ccc(C)s2)cc1. The number of benzene rings is 1. The molecule has 1 atom stereocenters. The molecule has 1 aromatic heterocycles. The Morgan fingerprint density at radius 1 is 1.11 bits per heavy atom. The van der Waals surface area contributed by atoms with Crippen LogP contribution in [-0.2, 0) is 4.79 Å². The summed E-state index contributed by atoms with van der Waals surface area (Å²) in [4.78, 5) is 12.3. The molecule has 19 heavy (non-hydrogen) atoms. The molecule has 0 radical (unpaired) electrons. The van der Waals surface area contributed by atoms with Crippen LogP contribution >= 0.6 is 11.3 Å². The summed E-state index contributed by atoms with van der Waals surface area (Å²) in [5.41, 5.74) is 0. The second kappa shape index (κ2) is 5.89. The van der Waals surface area contributed by atoms with Gasteiger partial charge in [-0.05, 0) is 57.2 Å². The van der Waals surface area contributed by atoms with E-state index in [1.807, 2.05) is 31.2 Å². The molecule has 0 aliphatic rings. The molecule has 2 rings (SSSR count). The zero-order valence-electron chi connectivity index (χ0n) is 11.2. The van der Waals surface area contributed by atoms with Gasteiger partial charge in [0.2, 0.25) is 0 Å². The lowest BCUT2D eigenvalue weighted by Crippen LogP contribution is -2.20. The van der Waals surface area contributed by atoms with Crippen molar-refractivity contribution in [3.8, 4) is 16.6 Å². The minimum atomic E-state index is -0.424. The van der Waals surface area contributed by atoms with Crippen LogP contribution in [0.15, 0.2) is 36.4 Å². The van der Waals surface area contributed by atoms with E-state index in [0.29, 0.717) is 5.75 Å². The molecule has 0 N–H and O–H groups in total. The summed E-state index contributed by atoms with van der Waals surface area (Å²) in [7, 11) is 0. The number of carbonyl (C=O) groups is 1. The van der Waals surface area contributed by atoms with Gasteiger partial charge in [-0.3, -0.25) is 4.79 Å². The molecule has 3 nitrogen and oxygen atoms in total. The lowest BCUT2D eigenvalue weighted by Gasteiger charge is -2.11. The predicted octanol–water partition coefficient (Wildman–Crippen LogP) is 4.21. The average molecular weight is 276 g/mol. The molecule has 2 aromatic rings. The van der Waals surface area contributed by atoms with Crippen molar-refractivity contribution in [3.05, 3.63) is 41.3 Å². The van der Waals surface area contributed by atoms with Crippen molar-refractivity contribution in [2.75, 3.05) is 0 Å². The Kier molecular flexibility index (Phi) is 4.22. The van der Waals surface area contributed by atoms with Gasteiger partial charge in [0.15, 0.2) is 17.0 Å². The minimum Gasteiger partial charge on any atom is -0.483 e. The van der Waals surface area contributed by atoms with Gasteiger partial charge in [-0.1, -0.05) is 0 Å². The summed E-state index contributed by atoms with van der Waals surface area (Å²) >= 11 is 1.60. The maximum atomic E-state index is 11.1. The highest BCUT2D eigenvalue weighted by Crippen LogP contribution is 2.29. The number of Topliss-reactive ketones (excluding diaryl/α,β-unsaturated/α-hetero) is 1. The minimum absolute atomic E-state index is 0.00869. The molecular weight excluding hydrogens is 260 g/mol. The first kappa shape index (κ1) is 13.6. The van der Waals surface area contributed by atoms with Crippen LogP contribution in [0.1, 0.15) is 18.7 Å². The molecular formula is C15H16O3S. The van der Waals surface area contributed by atoms with E-state index in [0.717, 1.165) is 10.8 Å². The number of carbonyl (C=O) groups excluding carboxylic acids is 1. The average Bonchev–Trinajstić information content (AvgIpc) is 2.77. The van der Waals surface area contributed by atoms with E-state index >= 15 is 0 Å². The van der Waals surface area contributed by atoms with E-state index in [2.05, 4.69) is 0 Å². The summed E-state index contributed by atoms with van der Waals surface area (Å²) in [6, 6.07) is 11.2. The molecule has 0 bridgehead atoms. The van der Waals surface area contributed by atoms with Crippen molar-refractivity contribution in [3.63, 3.8) is 0 Å². The number of hydrogen-bond acceptors (Lipinski definition) is 4. The molecule has 0 saturated carbocycles. The molecule has 1 heterocycles. The topological polar surface area (TPSA) is 35.5 Å². The molecule has 1 unspecified atom stereocenters. The molecule has 0 fully saturated rings. The van der Waals surface area contributed by atoms with Gasteiger partial charge in [0, 0.05) is 4.88 Å². The lowest BCUT2D eigenvalue weighted by atomic mass is 10.3. The number of aryl methyl sites for hydroxylation is 1. The van der Waals surface area contributed by atoms with Gasteiger partial charge in [-0.2, -0.15) is 0 Å². The van der Waals surface area contributed by atoms with Crippen LogP contribution in [0.2, 0.25) is 0 Å². The lowest BCUT2D eigenvalue weighted by molar-refractivity contribution is -0.122. The van der Waals surface area contributed by atoms with E-state index < -0.39 is 6.10 Å². The Morgan fingerprint density at radius 2 is 1.74 bits per heavy atom. The number of hydrogen-bond donors (Lipinski definition) is 0. The molecule has 0 amide bonds. The summed E-state index contributed by atoms with van der Waals surface area (Å²) in [6.45, 7) is 5.29. The van der Waals surface area contributed by atoms with Gasteiger partial charge in [-0.25, -0.2) is 0 Å². The van der Waals surface area contributed by atoms with Crippen molar-refractivity contribution in [1.29, 1.82) is 0 Å². The van der Waals surface area contributed by atoms with Crippen LogP contribution in [0, 0.1) is 6.92 Å². The molecule has 0 saturated heterocycles. The Morgan fingerprint density at radius 3 is 2.26 bits per heavy atom. The van der Waals surface area contributed by atoms with Gasteiger partial charge < -0.3 is 9.47 Å². The molecule has 1 aromatic carbocycles. The van der Waals surface area contributed by atoms with E-state index in [4.69, 9.17) is 9.47 Å². The van der Waals surface area contributed by atoms with E-state index in [1.165, 1.54) is 11.8 Å². The monoisotopic (exact) mass is 276 g/mol. The normalized spacial score (nSPS) is 11.9. The van der Waals surface area contributed by atoms with Crippen molar-refractivity contribution in [2.24, 2.45) is 0 Å². The van der Waals surface area contributed by atoms with E-state index in [9.17, 15) is 4.79 Å². The molecule has 0 aliphatic carbocycles. The van der Waals surface area contributed by atoms with Gasteiger partial charge in [0.25, 0.3) is 0 Å². The highest BCUT2D eigenvalue weighted by Gasteiger charge is 2.09. The van der Waals surface area contributed by atoms with Gasteiger partial charge in [0.1, 0.15) is 11.5 Å². The van der Waals surface area contributed by atoms with Crippen LogP contribution in [0.25, 0.3) is 0 Å². The zero-order valence-corrected chi connectivity index (χ0v) is 12.0. The van der Waals surface area contributed by atoms with Crippen molar-refractivity contribution < 1.29 is 14.3 Å². The summed E-state index contributed by atoms with van der Waals surface area (Å²) < 4.78 is 11.2. The fourth-order valence-corrected chi connectivity index (χ4v) is 2.18. The first-order valence-electron chi connectivity index (χ1n) is 6.06. The standard InChI is InChI=1S/C15H16O3S/c1-10-4-9-15(19-10)18-14-7-5-13(6-8-14)17-12(3)11(2)16/h4-9,12H,1-3H3. The van der Waals surface area contributed by atoms with Gasteiger partial charge in [0.05, 0.1) is 0 Å².